The number of thiophene rings is 1. The summed E-state index contributed by atoms with van der Waals surface area (Å²) >= 11 is 1.64. The standard InChI is InChI=1S/C14H17N3OS/c1-2-17(9-11-4-3-7-19-11)14(18)12-6-5-10(15)8-13(12)16/h3-8H,2,9,15-16H2,1H3. The lowest BCUT2D eigenvalue weighted by Gasteiger charge is -2.21. The quantitative estimate of drug-likeness (QED) is 0.842. The van der Waals surface area contributed by atoms with E-state index in [0.717, 1.165) is 4.88 Å². The molecule has 0 radical (unpaired) electrons. The zero-order valence-corrected chi connectivity index (χ0v) is 11.6. The zero-order chi connectivity index (χ0) is 13.8. The molecule has 0 saturated carbocycles. The number of amides is 1. The number of anilines is 2. The first kappa shape index (κ1) is 13.4. The predicted molar refractivity (Wildman–Crippen MR) is 80.0 cm³/mol. The first-order valence-corrected chi connectivity index (χ1v) is 6.96. The first-order valence-electron chi connectivity index (χ1n) is 6.08. The van der Waals surface area contributed by atoms with Gasteiger partial charge in [0.25, 0.3) is 5.91 Å². The number of nitrogen functional groups attached to an aromatic ring is 2. The molecule has 2 rings (SSSR count). The van der Waals surface area contributed by atoms with Crippen LogP contribution in [0.4, 0.5) is 11.4 Å². The number of benzene rings is 1. The molecule has 0 aliphatic rings. The van der Waals surface area contributed by atoms with Gasteiger partial charge in [0.1, 0.15) is 0 Å². The third-order valence-corrected chi connectivity index (χ3v) is 3.76. The number of carbonyl (C=O) groups excluding carboxylic acids is 1. The molecule has 1 aromatic heterocycles. The lowest BCUT2D eigenvalue weighted by molar-refractivity contribution is 0.0755. The average molecular weight is 275 g/mol. The Hall–Kier alpha value is -2.01. The lowest BCUT2D eigenvalue weighted by atomic mass is 10.1. The summed E-state index contributed by atoms with van der Waals surface area (Å²) in [5, 5.41) is 2.01. The zero-order valence-electron chi connectivity index (χ0n) is 10.8. The third kappa shape index (κ3) is 3.06. The number of nitrogens with two attached hydrogens (primary N) is 2. The van der Waals surface area contributed by atoms with Crippen LogP contribution < -0.4 is 11.5 Å². The van der Waals surface area contributed by atoms with Gasteiger partial charge in [-0.1, -0.05) is 6.07 Å². The van der Waals surface area contributed by atoms with Crippen LogP contribution in [0.1, 0.15) is 22.2 Å². The predicted octanol–water partition coefficient (Wildman–Crippen LogP) is 2.57. The van der Waals surface area contributed by atoms with E-state index in [1.54, 1.807) is 34.4 Å². The highest BCUT2D eigenvalue weighted by Crippen LogP contribution is 2.20. The van der Waals surface area contributed by atoms with Crippen molar-refractivity contribution in [1.29, 1.82) is 0 Å². The van der Waals surface area contributed by atoms with Crippen LogP contribution in [0.3, 0.4) is 0 Å². The normalized spacial score (nSPS) is 10.4. The Balaban J connectivity index is 2.20. The summed E-state index contributed by atoms with van der Waals surface area (Å²) in [4.78, 5) is 15.4. The van der Waals surface area contributed by atoms with Crippen molar-refractivity contribution in [2.75, 3.05) is 18.0 Å². The summed E-state index contributed by atoms with van der Waals surface area (Å²) in [6.45, 7) is 3.20. The summed E-state index contributed by atoms with van der Waals surface area (Å²) < 4.78 is 0. The molecule has 0 aliphatic heterocycles. The second-order valence-electron chi connectivity index (χ2n) is 4.25. The minimum atomic E-state index is -0.0617. The Labute approximate surface area is 116 Å². The number of hydrogen-bond donors (Lipinski definition) is 2. The van der Waals surface area contributed by atoms with Gasteiger partial charge in [0.05, 0.1) is 12.1 Å². The van der Waals surface area contributed by atoms with Gasteiger partial charge in [-0.05, 0) is 36.6 Å². The molecule has 0 aliphatic carbocycles. The maximum absolute atomic E-state index is 12.4. The van der Waals surface area contributed by atoms with Gasteiger partial charge >= 0.3 is 0 Å². The van der Waals surface area contributed by atoms with Crippen molar-refractivity contribution in [1.82, 2.24) is 4.90 Å². The van der Waals surface area contributed by atoms with Crippen LogP contribution in [0.25, 0.3) is 0 Å². The molecule has 0 fully saturated rings. The molecule has 1 aromatic carbocycles. The van der Waals surface area contributed by atoms with Gasteiger partial charge in [0.2, 0.25) is 0 Å². The van der Waals surface area contributed by atoms with E-state index < -0.39 is 0 Å². The summed E-state index contributed by atoms with van der Waals surface area (Å²) in [5.41, 5.74) is 13.0. The van der Waals surface area contributed by atoms with E-state index in [2.05, 4.69) is 0 Å². The lowest BCUT2D eigenvalue weighted by Crippen LogP contribution is -2.30. The summed E-state index contributed by atoms with van der Waals surface area (Å²) in [6, 6.07) is 9.00. The topological polar surface area (TPSA) is 72.3 Å². The molecule has 1 amide bonds. The van der Waals surface area contributed by atoms with Crippen molar-refractivity contribution in [3.05, 3.63) is 46.2 Å². The van der Waals surface area contributed by atoms with Crippen molar-refractivity contribution in [2.45, 2.75) is 13.5 Å². The van der Waals surface area contributed by atoms with Crippen molar-refractivity contribution in [3.8, 4) is 0 Å². The highest BCUT2D eigenvalue weighted by Gasteiger charge is 2.17. The molecule has 0 atom stereocenters. The Morgan fingerprint density at radius 2 is 2.11 bits per heavy atom. The van der Waals surface area contributed by atoms with Gasteiger partial charge in [-0.2, -0.15) is 0 Å². The summed E-state index contributed by atoms with van der Waals surface area (Å²) in [6.07, 6.45) is 0. The van der Waals surface area contributed by atoms with E-state index in [1.165, 1.54) is 0 Å². The van der Waals surface area contributed by atoms with Gasteiger partial charge in [-0.3, -0.25) is 4.79 Å². The van der Waals surface area contributed by atoms with E-state index in [1.807, 2.05) is 24.4 Å². The second-order valence-corrected chi connectivity index (χ2v) is 5.28. The average Bonchev–Trinajstić information content (AvgIpc) is 2.88. The fourth-order valence-electron chi connectivity index (χ4n) is 1.86. The number of hydrogen-bond acceptors (Lipinski definition) is 4. The minimum absolute atomic E-state index is 0.0617. The molecule has 5 heteroatoms. The highest BCUT2D eigenvalue weighted by atomic mass is 32.1. The van der Waals surface area contributed by atoms with E-state index in [9.17, 15) is 4.79 Å². The Morgan fingerprint density at radius 3 is 2.68 bits per heavy atom. The Morgan fingerprint density at radius 1 is 1.32 bits per heavy atom. The molecule has 4 nitrogen and oxygen atoms in total. The van der Waals surface area contributed by atoms with Crippen LogP contribution in [0.2, 0.25) is 0 Å². The molecule has 0 unspecified atom stereocenters. The molecule has 4 N–H and O–H groups in total. The largest absolute Gasteiger partial charge is 0.399 e. The van der Waals surface area contributed by atoms with Gasteiger partial charge in [-0.15, -0.1) is 11.3 Å². The molecule has 0 spiro atoms. The SMILES string of the molecule is CCN(Cc1cccs1)C(=O)c1ccc(N)cc1N. The van der Waals surface area contributed by atoms with Gasteiger partial charge in [0, 0.05) is 22.8 Å². The number of nitrogens with zero attached hydrogens (tertiary/aromatic N) is 1. The second kappa shape index (κ2) is 5.75. The smallest absolute Gasteiger partial charge is 0.256 e. The van der Waals surface area contributed by atoms with Crippen LogP contribution in [-0.2, 0) is 6.54 Å². The molecular weight excluding hydrogens is 258 g/mol. The Bertz CT molecular complexity index is 566. The molecule has 19 heavy (non-hydrogen) atoms. The minimum Gasteiger partial charge on any atom is -0.399 e. The molecule has 1 heterocycles. The monoisotopic (exact) mass is 275 g/mol. The first-order chi connectivity index (χ1) is 9.11. The van der Waals surface area contributed by atoms with Gasteiger partial charge in [-0.25, -0.2) is 0 Å². The van der Waals surface area contributed by atoms with E-state index in [-0.39, 0.29) is 5.91 Å². The number of carbonyl (C=O) groups is 1. The maximum atomic E-state index is 12.4. The van der Waals surface area contributed by atoms with Crippen molar-refractivity contribution >= 4 is 28.6 Å². The fourth-order valence-corrected chi connectivity index (χ4v) is 2.58. The van der Waals surface area contributed by atoms with Crippen LogP contribution >= 0.6 is 11.3 Å². The van der Waals surface area contributed by atoms with Gasteiger partial charge < -0.3 is 16.4 Å². The molecule has 100 valence electrons. The van der Waals surface area contributed by atoms with Crippen molar-refractivity contribution in [3.63, 3.8) is 0 Å². The highest BCUT2D eigenvalue weighted by molar-refractivity contribution is 7.09. The van der Waals surface area contributed by atoms with E-state index >= 15 is 0 Å². The van der Waals surface area contributed by atoms with Crippen molar-refractivity contribution in [2.24, 2.45) is 0 Å². The number of rotatable bonds is 4. The van der Waals surface area contributed by atoms with E-state index in [4.69, 9.17) is 11.5 Å². The maximum Gasteiger partial charge on any atom is 0.256 e. The fraction of sp³-hybridized carbons (Fsp3) is 0.214. The molecular formula is C14H17N3OS. The van der Waals surface area contributed by atoms with Gasteiger partial charge in [0.15, 0.2) is 0 Å². The summed E-state index contributed by atoms with van der Waals surface area (Å²) in [7, 11) is 0. The molecule has 2 aromatic rings. The van der Waals surface area contributed by atoms with Crippen LogP contribution in [0.5, 0.6) is 0 Å². The van der Waals surface area contributed by atoms with Crippen molar-refractivity contribution < 1.29 is 4.79 Å². The molecule has 0 bridgehead atoms. The summed E-state index contributed by atoms with van der Waals surface area (Å²) in [5.74, 6) is -0.0617. The van der Waals surface area contributed by atoms with E-state index in [0.29, 0.717) is 30.0 Å². The van der Waals surface area contributed by atoms with Crippen LogP contribution in [0.15, 0.2) is 35.7 Å². The van der Waals surface area contributed by atoms with Crippen LogP contribution in [-0.4, -0.2) is 17.4 Å². The van der Waals surface area contributed by atoms with Crippen LogP contribution in [0, 0.1) is 0 Å². The third-order valence-electron chi connectivity index (χ3n) is 2.90. The Kier molecular flexibility index (Phi) is 4.06. The molecule has 0 saturated heterocycles.